The molecule has 2 amide bonds. The van der Waals surface area contributed by atoms with Crippen molar-refractivity contribution < 1.29 is 9.59 Å². The highest BCUT2D eigenvalue weighted by atomic mass is 16.2. The molecule has 0 bridgehead atoms. The van der Waals surface area contributed by atoms with E-state index < -0.39 is 0 Å². The average Bonchev–Trinajstić information content (AvgIpc) is 2.97. The number of hydrogen-bond acceptors (Lipinski definition) is 4. The largest absolute Gasteiger partial charge is 0.340 e. The summed E-state index contributed by atoms with van der Waals surface area (Å²) in [5.74, 6) is -0.320. The van der Waals surface area contributed by atoms with Gasteiger partial charge in [0.2, 0.25) is 11.8 Å². The Labute approximate surface area is 137 Å². The smallest absolute Gasteiger partial charge is 0.228 e. The van der Waals surface area contributed by atoms with Crippen molar-refractivity contribution >= 4 is 11.8 Å². The van der Waals surface area contributed by atoms with Crippen molar-refractivity contribution in [3.8, 4) is 12.1 Å². The van der Waals surface area contributed by atoms with Crippen LogP contribution in [0, 0.1) is 28.6 Å². The second-order valence-corrected chi connectivity index (χ2v) is 6.38. The molecule has 2 aliphatic rings. The molecule has 1 saturated heterocycles. The highest BCUT2D eigenvalue weighted by Gasteiger charge is 2.39. The van der Waals surface area contributed by atoms with E-state index in [1.807, 2.05) is 17.0 Å². The van der Waals surface area contributed by atoms with Crippen LogP contribution in [0.5, 0.6) is 0 Å². The van der Waals surface area contributed by atoms with Crippen molar-refractivity contribution in [2.45, 2.75) is 57.4 Å². The highest BCUT2D eigenvalue weighted by molar-refractivity contribution is 5.89. The van der Waals surface area contributed by atoms with Crippen LogP contribution in [0.3, 0.4) is 0 Å². The van der Waals surface area contributed by atoms with E-state index in [-0.39, 0.29) is 37.0 Å². The Hall–Kier alpha value is -2.08. The zero-order valence-electron chi connectivity index (χ0n) is 13.5. The van der Waals surface area contributed by atoms with E-state index in [1.165, 1.54) is 6.42 Å². The maximum Gasteiger partial charge on any atom is 0.228 e. The number of nitriles is 2. The lowest BCUT2D eigenvalue weighted by atomic mass is 9.94. The van der Waals surface area contributed by atoms with Gasteiger partial charge in [-0.15, -0.1) is 0 Å². The van der Waals surface area contributed by atoms with Crippen LogP contribution in [0.15, 0.2) is 0 Å². The zero-order chi connectivity index (χ0) is 16.7. The summed E-state index contributed by atoms with van der Waals surface area (Å²) in [5, 5.41) is 17.5. The number of carbonyl (C=O) groups excluding carboxylic acids is 2. The zero-order valence-corrected chi connectivity index (χ0v) is 13.5. The monoisotopic (exact) mass is 316 g/mol. The Morgan fingerprint density at radius 1 is 1.13 bits per heavy atom. The Bertz CT molecular complexity index is 496. The van der Waals surface area contributed by atoms with Crippen LogP contribution in [0.1, 0.15) is 51.4 Å². The minimum atomic E-state index is -0.318. The van der Waals surface area contributed by atoms with E-state index in [9.17, 15) is 9.59 Å². The van der Waals surface area contributed by atoms with E-state index in [1.54, 1.807) is 4.90 Å². The number of carbonyl (C=O) groups is 2. The molecule has 2 fully saturated rings. The SMILES string of the molecule is N#CCCN(CCC#N)C(=O)C1CC(=O)N(C2CCCCC2)C1. The first-order valence-electron chi connectivity index (χ1n) is 8.49. The molecule has 0 aromatic rings. The van der Waals surface area contributed by atoms with Gasteiger partial charge < -0.3 is 9.80 Å². The van der Waals surface area contributed by atoms with Crippen LogP contribution < -0.4 is 0 Å². The molecule has 6 nitrogen and oxygen atoms in total. The quantitative estimate of drug-likeness (QED) is 0.747. The number of amides is 2. The van der Waals surface area contributed by atoms with Gasteiger partial charge in [0.1, 0.15) is 0 Å². The van der Waals surface area contributed by atoms with Crippen LogP contribution in [-0.4, -0.2) is 47.3 Å². The van der Waals surface area contributed by atoms with E-state index in [2.05, 4.69) is 0 Å². The van der Waals surface area contributed by atoms with Gasteiger partial charge in [0.15, 0.2) is 0 Å². The maximum absolute atomic E-state index is 12.7. The van der Waals surface area contributed by atoms with Gasteiger partial charge in [-0.25, -0.2) is 0 Å². The number of likely N-dealkylation sites (tertiary alicyclic amines) is 1. The molecule has 0 aromatic heterocycles. The molecule has 1 unspecified atom stereocenters. The maximum atomic E-state index is 12.7. The third kappa shape index (κ3) is 4.45. The fourth-order valence-corrected chi connectivity index (χ4v) is 3.60. The normalized spacial score (nSPS) is 21.7. The van der Waals surface area contributed by atoms with Crippen molar-refractivity contribution in [2.75, 3.05) is 19.6 Å². The summed E-state index contributed by atoms with van der Waals surface area (Å²) < 4.78 is 0. The van der Waals surface area contributed by atoms with Crippen LogP contribution >= 0.6 is 0 Å². The van der Waals surface area contributed by atoms with Gasteiger partial charge >= 0.3 is 0 Å². The molecule has 2 rings (SSSR count). The van der Waals surface area contributed by atoms with Gasteiger partial charge in [0.05, 0.1) is 30.9 Å². The molecule has 1 aliphatic heterocycles. The van der Waals surface area contributed by atoms with Gasteiger partial charge in [-0.1, -0.05) is 19.3 Å². The number of rotatable bonds is 6. The third-order valence-electron chi connectivity index (χ3n) is 4.82. The molecule has 1 aliphatic carbocycles. The second kappa shape index (κ2) is 8.53. The lowest BCUT2D eigenvalue weighted by Gasteiger charge is -2.31. The van der Waals surface area contributed by atoms with E-state index in [0.717, 1.165) is 25.7 Å². The molecule has 0 spiro atoms. The fraction of sp³-hybridized carbons (Fsp3) is 0.765. The van der Waals surface area contributed by atoms with Crippen molar-refractivity contribution in [1.29, 1.82) is 10.5 Å². The van der Waals surface area contributed by atoms with Crippen molar-refractivity contribution in [1.82, 2.24) is 9.80 Å². The average molecular weight is 316 g/mol. The lowest BCUT2D eigenvalue weighted by molar-refractivity contribution is -0.135. The summed E-state index contributed by atoms with van der Waals surface area (Å²) in [6.45, 7) is 1.17. The third-order valence-corrected chi connectivity index (χ3v) is 4.82. The van der Waals surface area contributed by atoms with E-state index in [0.29, 0.717) is 25.7 Å². The topological polar surface area (TPSA) is 88.2 Å². The molecule has 1 saturated carbocycles. The fourth-order valence-electron chi connectivity index (χ4n) is 3.60. The van der Waals surface area contributed by atoms with Crippen molar-refractivity contribution in [2.24, 2.45) is 5.92 Å². The molecule has 1 atom stereocenters. The van der Waals surface area contributed by atoms with Crippen molar-refractivity contribution in [3.05, 3.63) is 0 Å². The molecular weight excluding hydrogens is 292 g/mol. The van der Waals surface area contributed by atoms with E-state index >= 15 is 0 Å². The van der Waals surface area contributed by atoms with Crippen LogP contribution in [0.4, 0.5) is 0 Å². The standard InChI is InChI=1S/C17H24N4O2/c18-8-4-10-20(11-5-9-19)17(23)14-12-16(22)21(13-14)15-6-2-1-3-7-15/h14-15H,1-7,10-13H2. The van der Waals surface area contributed by atoms with Crippen LogP contribution in [0.2, 0.25) is 0 Å². The Morgan fingerprint density at radius 3 is 2.30 bits per heavy atom. The molecule has 0 aromatic carbocycles. The first-order chi connectivity index (χ1) is 11.2. The summed E-state index contributed by atoms with van der Waals surface area (Å²) in [4.78, 5) is 28.4. The van der Waals surface area contributed by atoms with Crippen molar-refractivity contribution in [3.63, 3.8) is 0 Å². The second-order valence-electron chi connectivity index (χ2n) is 6.38. The minimum Gasteiger partial charge on any atom is -0.340 e. The van der Waals surface area contributed by atoms with Gasteiger partial charge in [-0.3, -0.25) is 9.59 Å². The summed E-state index contributed by atoms with van der Waals surface area (Å²) in [6.07, 6.45) is 6.40. The minimum absolute atomic E-state index is 0.0794. The van der Waals surface area contributed by atoms with Gasteiger partial charge in [0, 0.05) is 32.1 Å². The molecule has 0 radical (unpaired) electrons. The Morgan fingerprint density at radius 2 is 1.74 bits per heavy atom. The predicted molar refractivity (Wildman–Crippen MR) is 83.7 cm³/mol. The molecule has 124 valence electrons. The summed E-state index contributed by atoms with van der Waals surface area (Å²) in [5.41, 5.74) is 0. The number of nitrogens with zero attached hydrogens (tertiary/aromatic N) is 4. The molecule has 0 N–H and O–H groups in total. The van der Waals surface area contributed by atoms with Gasteiger partial charge in [-0.05, 0) is 12.8 Å². The highest BCUT2D eigenvalue weighted by Crippen LogP contribution is 2.29. The first kappa shape index (κ1) is 17.3. The van der Waals surface area contributed by atoms with Crippen LogP contribution in [0.25, 0.3) is 0 Å². The van der Waals surface area contributed by atoms with Crippen LogP contribution in [-0.2, 0) is 9.59 Å². The molecule has 6 heteroatoms. The molecular formula is C17H24N4O2. The lowest BCUT2D eigenvalue weighted by Crippen LogP contribution is -2.41. The molecule has 1 heterocycles. The Balaban J connectivity index is 1.96. The summed E-state index contributed by atoms with van der Waals surface area (Å²) in [6, 6.07) is 4.36. The predicted octanol–water partition coefficient (Wildman–Crippen LogP) is 1.82. The van der Waals surface area contributed by atoms with E-state index in [4.69, 9.17) is 10.5 Å². The van der Waals surface area contributed by atoms with Gasteiger partial charge in [-0.2, -0.15) is 10.5 Å². The first-order valence-corrected chi connectivity index (χ1v) is 8.49. The molecule has 23 heavy (non-hydrogen) atoms. The van der Waals surface area contributed by atoms with Gasteiger partial charge in [0.25, 0.3) is 0 Å². The number of hydrogen-bond donors (Lipinski definition) is 0. The Kier molecular flexibility index (Phi) is 6.40. The summed E-state index contributed by atoms with van der Waals surface area (Å²) >= 11 is 0. The summed E-state index contributed by atoms with van der Waals surface area (Å²) in [7, 11) is 0.